The predicted molar refractivity (Wildman–Crippen MR) is 61.1 cm³/mol. The van der Waals surface area contributed by atoms with Crippen LogP contribution in [-0.4, -0.2) is 18.9 Å². The zero-order valence-electron chi connectivity index (χ0n) is 9.76. The molecule has 1 aliphatic heterocycles. The molecular formula is C13H14F3NO. The molecule has 1 N–H and O–H groups in total. The van der Waals surface area contributed by atoms with E-state index >= 15 is 0 Å². The fraction of sp³-hybridized carbons (Fsp3) is 0.462. The first-order valence-electron chi connectivity index (χ1n) is 5.83. The first-order chi connectivity index (χ1) is 8.45. The van der Waals surface area contributed by atoms with Crippen LogP contribution in [0.3, 0.4) is 0 Å². The van der Waals surface area contributed by atoms with Crippen LogP contribution in [0.5, 0.6) is 0 Å². The van der Waals surface area contributed by atoms with Gasteiger partial charge in [0.2, 0.25) is 0 Å². The summed E-state index contributed by atoms with van der Waals surface area (Å²) in [5.74, 6) is 0.351. The van der Waals surface area contributed by atoms with Gasteiger partial charge >= 0.3 is 6.18 Å². The number of rotatable bonds is 4. The third kappa shape index (κ3) is 3.32. The molecule has 0 radical (unpaired) electrons. The summed E-state index contributed by atoms with van der Waals surface area (Å²) in [7, 11) is 0. The largest absolute Gasteiger partial charge is 0.416 e. The highest BCUT2D eigenvalue weighted by atomic mass is 19.4. The van der Waals surface area contributed by atoms with E-state index in [4.69, 9.17) is 0 Å². The Morgan fingerprint density at radius 1 is 1.33 bits per heavy atom. The average Bonchev–Trinajstić information content (AvgIpc) is 2.23. The van der Waals surface area contributed by atoms with Crippen molar-refractivity contribution in [2.24, 2.45) is 5.92 Å². The molecular weight excluding hydrogens is 243 g/mol. The lowest BCUT2D eigenvalue weighted by atomic mass is 9.94. The maximum Gasteiger partial charge on any atom is 0.416 e. The van der Waals surface area contributed by atoms with Crippen molar-refractivity contribution in [2.45, 2.75) is 19.0 Å². The molecule has 0 amide bonds. The quantitative estimate of drug-likeness (QED) is 0.897. The average molecular weight is 257 g/mol. The first kappa shape index (κ1) is 13.1. The van der Waals surface area contributed by atoms with Crippen molar-refractivity contribution >= 4 is 5.78 Å². The molecule has 0 aromatic heterocycles. The summed E-state index contributed by atoms with van der Waals surface area (Å²) in [6.07, 6.45) is -3.82. The van der Waals surface area contributed by atoms with E-state index in [2.05, 4.69) is 5.32 Å². The molecule has 0 atom stereocenters. The maximum absolute atomic E-state index is 12.5. The second-order valence-electron chi connectivity index (χ2n) is 4.64. The lowest BCUT2D eigenvalue weighted by Crippen LogP contribution is -2.43. The second-order valence-corrected chi connectivity index (χ2v) is 4.64. The Morgan fingerprint density at radius 3 is 2.61 bits per heavy atom. The third-order valence-electron chi connectivity index (χ3n) is 3.04. The number of Topliss-reactive ketones (excluding diaryl/α,β-unsaturated/α-hetero) is 1. The minimum absolute atomic E-state index is 0.000763. The maximum atomic E-state index is 12.5. The summed E-state index contributed by atoms with van der Waals surface area (Å²) in [4.78, 5) is 11.7. The van der Waals surface area contributed by atoms with Gasteiger partial charge in [0.15, 0.2) is 0 Å². The van der Waals surface area contributed by atoms with Crippen molar-refractivity contribution in [1.82, 2.24) is 5.32 Å². The topological polar surface area (TPSA) is 29.1 Å². The number of hydrogen-bond acceptors (Lipinski definition) is 2. The molecule has 0 saturated carbocycles. The number of halogens is 3. The molecule has 2 nitrogen and oxygen atoms in total. The van der Waals surface area contributed by atoms with Gasteiger partial charge in [0.25, 0.3) is 0 Å². The summed E-state index contributed by atoms with van der Waals surface area (Å²) < 4.78 is 37.5. The normalized spacial score (nSPS) is 16.4. The fourth-order valence-corrected chi connectivity index (χ4v) is 1.97. The molecule has 0 aliphatic carbocycles. The molecule has 0 spiro atoms. The van der Waals surface area contributed by atoms with Crippen molar-refractivity contribution in [3.8, 4) is 0 Å². The van der Waals surface area contributed by atoms with E-state index < -0.39 is 11.7 Å². The van der Waals surface area contributed by atoms with Crippen molar-refractivity contribution in [3.05, 3.63) is 35.4 Å². The number of hydrogen-bond donors (Lipinski definition) is 1. The van der Waals surface area contributed by atoms with Gasteiger partial charge in [-0.3, -0.25) is 4.79 Å². The number of nitrogens with one attached hydrogen (secondary N) is 1. The minimum Gasteiger partial charge on any atom is -0.316 e. The van der Waals surface area contributed by atoms with Crippen LogP contribution >= 0.6 is 0 Å². The highest BCUT2D eigenvalue weighted by molar-refractivity contribution is 5.81. The van der Waals surface area contributed by atoms with Gasteiger partial charge in [-0.2, -0.15) is 13.2 Å². The zero-order valence-corrected chi connectivity index (χ0v) is 9.76. The molecule has 18 heavy (non-hydrogen) atoms. The molecule has 1 aliphatic rings. The van der Waals surface area contributed by atoms with Gasteiger partial charge < -0.3 is 5.32 Å². The zero-order chi connectivity index (χ0) is 13.2. The van der Waals surface area contributed by atoms with E-state index in [1.54, 1.807) is 6.07 Å². The minimum atomic E-state index is -4.35. The summed E-state index contributed by atoms with van der Waals surface area (Å²) >= 11 is 0. The SMILES string of the molecule is O=C(Cc1cccc(C(F)(F)F)c1)CC1CNC1. The third-order valence-corrected chi connectivity index (χ3v) is 3.04. The fourth-order valence-electron chi connectivity index (χ4n) is 1.97. The first-order valence-corrected chi connectivity index (χ1v) is 5.83. The van der Waals surface area contributed by atoms with Crippen LogP contribution in [0.25, 0.3) is 0 Å². The number of carbonyl (C=O) groups excluding carboxylic acids is 1. The van der Waals surface area contributed by atoms with Crippen molar-refractivity contribution in [2.75, 3.05) is 13.1 Å². The molecule has 98 valence electrons. The highest BCUT2D eigenvalue weighted by Gasteiger charge is 2.30. The number of carbonyl (C=O) groups is 1. The van der Waals surface area contributed by atoms with Crippen LogP contribution in [0.4, 0.5) is 13.2 Å². The summed E-state index contributed by atoms with van der Waals surface area (Å²) in [6, 6.07) is 4.98. The standard InChI is InChI=1S/C13H14F3NO/c14-13(15,16)11-3-1-2-9(4-11)5-12(18)6-10-7-17-8-10/h1-4,10,17H,5-8H2. The Balaban J connectivity index is 1.98. The van der Waals surface area contributed by atoms with Crippen LogP contribution in [-0.2, 0) is 17.4 Å². The molecule has 1 heterocycles. The lowest BCUT2D eigenvalue weighted by molar-refractivity contribution is -0.137. The Hall–Kier alpha value is -1.36. The number of ketones is 1. The van der Waals surface area contributed by atoms with Crippen LogP contribution in [0.1, 0.15) is 17.5 Å². The predicted octanol–water partition coefficient (Wildman–Crippen LogP) is 2.43. The number of benzene rings is 1. The van der Waals surface area contributed by atoms with Gasteiger partial charge in [0.1, 0.15) is 5.78 Å². The Labute approximate surface area is 103 Å². The van der Waals surface area contributed by atoms with Crippen molar-refractivity contribution in [1.29, 1.82) is 0 Å². The van der Waals surface area contributed by atoms with Gasteiger partial charge in [0.05, 0.1) is 5.56 Å². The Bertz CT molecular complexity index is 438. The van der Waals surface area contributed by atoms with Crippen LogP contribution < -0.4 is 5.32 Å². The van der Waals surface area contributed by atoms with Gasteiger partial charge in [-0.25, -0.2) is 0 Å². The van der Waals surface area contributed by atoms with Gasteiger partial charge in [-0.1, -0.05) is 18.2 Å². The molecule has 1 saturated heterocycles. The molecule has 0 bridgehead atoms. The Kier molecular flexibility index (Phi) is 3.71. The van der Waals surface area contributed by atoms with Crippen LogP contribution in [0, 0.1) is 5.92 Å². The van der Waals surface area contributed by atoms with Crippen LogP contribution in [0.15, 0.2) is 24.3 Å². The second kappa shape index (κ2) is 5.10. The van der Waals surface area contributed by atoms with Gasteiger partial charge in [-0.15, -0.1) is 0 Å². The molecule has 0 unspecified atom stereocenters. The molecule has 5 heteroatoms. The lowest BCUT2D eigenvalue weighted by Gasteiger charge is -2.26. The van der Waals surface area contributed by atoms with E-state index in [9.17, 15) is 18.0 Å². The number of alkyl halides is 3. The van der Waals surface area contributed by atoms with E-state index in [-0.39, 0.29) is 12.2 Å². The van der Waals surface area contributed by atoms with E-state index in [1.807, 2.05) is 0 Å². The van der Waals surface area contributed by atoms with Gasteiger partial charge in [-0.05, 0) is 30.6 Å². The summed E-state index contributed by atoms with van der Waals surface area (Å²) in [5.41, 5.74) is -0.264. The highest BCUT2D eigenvalue weighted by Crippen LogP contribution is 2.29. The van der Waals surface area contributed by atoms with Crippen molar-refractivity contribution < 1.29 is 18.0 Å². The molecule has 1 aromatic carbocycles. The van der Waals surface area contributed by atoms with E-state index in [0.717, 1.165) is 25.2 Å². The smallest absolute Gasteiger partial charge is 0.316 e. The molecule has 2 rings (SSSR count). The Morgan fingerprint density at radius 2 is 2.06 bits per heavy atom. The molecule has 1 aromatic rings. The van der Waals surface area contributed by atoms with Crippen LogP contribution in [0.2, 0.25) is 0 Å². The summed E-state index contributed by atoms with van der Waals surface area (Å²) in [6.45, 7) is 1.66. The van der Waals surface area contributed by atoms with Crippen molar-refractivity contribution in [3.63, 3.8) is 0 Å². The van der Waals surface area contributed by atoms with E-state index in [0.29, 0.717) is 17.9 Å². The van der Waals surface area contributed by atoms with E-state index in [1.165, 1.54) is 6.07 Å². The molecule has 1 fully saturated rings. The summed E-state index contributed by atoms with van der Waals surface area (Å²) in [5, 5.41) is 3.06. The van der Waals surface area contributed by atoms with Gasteiger partial charge in [0, 0.05) is 12.8 Å². The monoisotopic (exact) mass is 257 g/mol.